The van der Waals surface area contributed by atoms with E-state index in [0.29, 0.717) is 33.9 Å². The molecule has 0 saturated heterocycles. The van der Waals surface area contributed by atoms with E-state index in [0.717, 1.165) is 18.4 Å². The molecule has 3 aromatic rings. The molecule has 126 valence electrons. The average Bonchev–Trinajstić information content (AvgIpc) is 2.95. The van der Waals surface area contributed by atoms with Gasteiger partial charge in [-0.3, -0.25) is 0 Å². The number of benzene rings is 1. The molecule has 0 spiro atoms. The van der Waals surface area contributed by atoms with Gasteiger partial charge in [0.25, 0.3) is 0 Å². The SMILES string of the molecule is CCCC(O)CNc1ccc2nnc(-c3cc(Cl)cc(Cl)c3)n2n1. The Morgan fingerprint density at radius 3 is 2.62 bits per heavy atom. The number of hydrogen-bond donors (Lipinski definition) is 2. The number of halogens is 2. The molecule has 0 saturated carbocycles. The van der Waals surface area contributed by atoms with E-state index in [1.54, 1.807) is 28.8 Å². The Kier molecular flexibility index (Phi) is 5.18. The second-order valence-electron chi connectivity index (χ2n) is 5.49. The van der Waals surface area contributed by atoms with Gasteiger partial charge in [0, 0.05) is 22.2 Å². The molecule has 0 fully saturated rings. The van der Waals surface area contributed by atoms with Crippen molar-refractivity contribution in [1.29, 1.82) is 0 Å². The lowest BCUT2D eigenvalue weighted by Gasteiger charge is -2.11. The molecule has 2 aromatic heterocycles. The van der Waals surface area contributed by atoms with Crippen LogP contribution in [0.5, 0.6) is 0 Å². The van der Waals surface area contributed by atoms with Crippen molar-refractivity contribution in [2.45, 2.75) is 25.9 Å². The third kappa shape index (κ3) is 3.77. The van der Waals surface area contributed by atoms with Crippen LogP contribution in [0.3, 0.4) is 0 Å². The summed E-state index contributed by atoms with van der Waals surface area (Å²) < 4.78 is 1.62. The van der Waals surface area contributed by atoms with E-state index in [-0.39, 0.29) is 0 Å². The molecule has 2 heterocycles. The summed E-state index contributed by atoms with van der Waals surface area (Å²) in [4.78, 5) is 0. The third-order valence-corrected chi connectivity index (χ3v) is 3.96. The van der Waals surface area contributed by atoms with Crippen molar-refractivity contribution in [1.82, 2.24) is 19.8 Å². The minimum absolute atomic E-state index is 0.403. The largest absolute Gasteiger partial charge is 0.391 e. The van der Waals surface area contributed by atoms with E-state index < -0.39 is 6.10 Å². The predicted molar refractivity (Wildman–Crippen MR) is 95.6 cm³/mol. The number of anilines is 1. The summed E-state index contributed by atoms with van der Waals surface area (Å²) in [6, 6.07) is 8.79. The van der Waals surface area contributed by atoms with Crippen LogP contribution < -0.4 is 5.32 Å². The van der Waals surface area contributed by atoms with Crippen LogP contribution in [-0.2, 0) is 0 Å². The second kappa shape index (κ2) is 7.34. The summed E-state index contributed by atoms with van der Waals surface area (Å²) in [6.45, 7) is 2.47. The number of aliphatic hydroxyl groups excluding tert-OH is 1. The molecule has 1 unspecified atom stereocenters. The van der Waals surface area contributed by atoms with Crippen LogP contribution in [0.25, 0.3) is 17.0 Å². The zero-order valence-corrected chi connectivity index (χ0v) is 14.6. The van der Waals surface area contributed by atoms with Gasteiger partial charge in [0.2, 0.25) is 0 Å². The second-order valence-corrected chi connectivity index (χ2v) is 6.37. The highest BCUT2D eigenvalue weighted by Gasteiger charge is 2.12. The zero-order chi connectivity index (χ0) is 17.1. The van der Waals surface area contributed by atoms with Crippen LogP contribution in [0.15, 0.2) is 30.3 Å². The number of nitrogens with one attached hydrogen (secondary N) is 1. The first-order valence-electron chi connectivity index (χ1n) is 7.67. The summed E-state index contributed by atoms with van der Waals surface area (Å²) in [5.74, 6) is 1.18. The maximum Gasteiger partial charge on any atom is 0.185 e. The van der Waals surface area contributed by atoms with E-state index in [1.807, 2.05) is 13.0 Å². The molecule has 0 bridgehead atoms. The molecule has 1 aromatic carbocycles. The van der Waals surface area contributed by atoms with Crippen molar-refractivity contribution in [2.24, 2.45) is 0 Å². The lowest BCUT2D eigenvalue weighted by molar-refractivity contribution is 0.176. The average molecular weight is 366 g/mol. The lowest BCUT2D eigenvalue weighted by Crippen LogP contribution is -2.20. The van der Waals surface area contributed by atoms with Gasteiger partial charge in [0.05, 0.1) is 6.10 Å². The monoisotopic (exact) mass is 365 g/mol. The Balaban J connectivity index is 1.91. The van der Waals surface area contributed by atoms with Crippen molar-refractivity contribution >= 4 is 34.7 Å². The number of rotatable bonds is 6. The van der Waals surface area contributed by atoms with Gasteiger partial charge in [0.15, 0.2) is 11.5 Å². The molecule has 6 nitrogen and oxygen atoms in total. The summed E-state index contributed by atoms with van der Waals surface area (Å²) in [5, 5.41) is 26.8. The molecule has 1 atom stereocenters. The van der Waals surface area contributed by atoms with Crippen molar-refractivity contribution < 1.29 is 5.11 Å². The fourth-order valence-corrected chi connectivity index (χ4v) is 2.93. The minimum Gasteiger partial charge on any atom is -0.391 e. The number of aliphatic hydroxyl groups is 1. The van der Waals surface area contributed by atoms with E-state index in [4.69, 9.17) is 23.2 Å². The summed E-state index contributed by atoms with van der Waals surface area (Å²) in [5.41, 5.74) is 1.34. The van der Waals surface area contributed by atoms with Crippen LogP contribution in [0, 0.1) is 0 Å². The molecule has 0 aliphatic heterocycles. The van der Waals surface area contributed by atoms with E-state index in [2.05, 4.69) is 20.6 Å². The number of aromatic nitrogens is 4. The van der Waals surface area contributed by atoms with Gasteiger partial charge in [-0.05, 0) is 36.8 Å². The Bertz CT molecular complexity index is 831. The Morgan fingerprint density at radius 1 is 1.17 bits per heavy atom. The first kappa shape index (κ1) is 17.0. The molecular formula is C16H17Cl2N5O. The maximum absolute atomic E-state index is 9.83. The van der Waals surface area contributed by atoms with E-state index in [1.165, 1.54) is 0 Å². The van der Waals surface area contributed by atoms with Crippen LogP contribution in [0.4, 0.5) is 5.82 Å². The number of nitrogens with zero attached hydrogens (tertiary/aromatic N) is 4. The molecule has 24 heavy (non-hydrogen) atoms. The van der Waals surface area contributed by atoms with Crippen molar-refractivity contribution in [2.75, 3.05) is 11.9 Å². The van der Waals surface area contributed by atoms with Gasteiger partial charge in [-0.25, -0.2) is 0 Å². The van der Waals surface area contributed by atoms with Gasteiger partial charge in [-0.1, -0.05) is 36.5 Å². The fourth-order valence-electron chi connectivity index (χ4n) is 2.40. The van der Waals surface area contributed by atoms with Gasteiger partial charge in [-0.2, -0.15) is 4.52 Å². The van der Waals surface area contributed by atoms with Crippen molar-refractivity contribution in [3.63, 3.8) is 0 Å². The lowest BCUT2D eigenvalue weighted by atomic mass is 10.2. The highest BCUT2D eigenvalue weighted by Crippen LogP contribution is 2.26. The predicted octanol–water partition coefficient (Wildman–Crippen LogP) is 3.67. The highest BCUT2D eigenvalue weighted by atomic mass is 35.5. The highest BCUT2D eigenvalue weighted by molar-refractivity contribution is 6.35. The molecular weight excluding hydrogens is 349 g/mol. The van der Waals surface area contributed by atoms with Gasteiger partial charge in [-0.15, -0.1) is 15.3 Å². The molecule has 0 radical (unpaired) electrons. The summed E-state index contributed by atoms with van der Waals surface area (Å²) in [6.07, 6.45) is 1.27. The topological polar surface area (TPSA) is 75.3 Å². The van der Waals surface area contributed by atoms with Crippen LogP contribution >= 0.6 is 23.2 Å². The third-order valence-electron chi connectivity index (χ3n) is 3.52. The first-order valence-corrected chi connectivity index (χ1v) is 8.43. The summed E-state index contributed by atoms with van der Waals surface area (Å²) in [7, 11) is 0. The smallest absolute Gasteiger partial charge is 0.185 e. The molecule has 3 rings (SSSR count). The molecule has 0 aliphatic rings. The molecule has 0 amide bonds. The molecule has 8 heteroatoms. The summed E-state index contributed by atoms with van der Waals surface area (Å²) >= 11 is 12.1. The van der Waals surface area contributed by atoms with Crippen molar-refractivity contribution in [3.05, 3.63) is 40.4 Å². The van der Waals surface area contributed by atoms with E-state index in [9.17, 15) is 5.11 Å². The quantitative estimate of drug-likeness (QED) is 0.696. The van der Waals surface area contributed by atoms with Gasteiger partial charge >= 0.3 is 0 Å². The minimum atomic E-state index is -0.403. The first-order chi connectivity index (χ1) is 11.6. The standard InChI is InChI=1S/C16H17Cl2N5O/c1-2-3-13(24)9-19-14-4-5-15-20-21-16(23(15)22-14)10-6-11(17)8-12(18)7-10/h4-8,13,24H,2-3,9H2,1H3,(H,19,22). The normalized spacial score (nSPS) is 12.5. The molecule has 0 aliphatic carbocycles. The number of hydrogen-bond acceptors (Lipinski definition) is 5. The molecule has 2 N–H and O–H groups in total. The van der Waals surface area contributed by atoms with Crippen LogP contribution in [0.1, 0.15) is 19.8 Å². The van der Waals surface area contributed by atoms with Gasteiger partial charge < -0.3 is 10.4 Å². The van der Waals surface area contributed by atoms with Gasteiger partial charge in [0.1, 0.15) is 5.82 Å². The van der Waals surface area contributed by atoms with Crippen LogP contribution in [0.2, 0.25) is 10.0 Å². The van der Waals surface area contributed by atoms with E-state index >= 15 is 0 Å². The maximum atomic E-state index is 9.83. The fraction of sp³-hybridized carbons (Fsp3) is 0.312. The Hall–Kier alpha value is -1.89. The Labute approximate surface area is 149 Å². The Morgan fingerprint density at radius 2 is 1.92 bits per heavy atom. The zero-order valence-electron chi connectivity index (χ0n) is 13.1. The van der Waals surface area contributed by atoms with Crippen molar-refractivity contribution in [3.8, 4) is 11.4 Å². The van der Waals surface area contributed by atoms with Crippen LogP contribution in [-0.4, -0.2) is 37.6 Å². The number of fused-ring (bicyclic) bond motifs is 1.